The van der Waals surface area contributed by atoms with Crippen LogP contribution in [-0.2, 0) is 15.7 Å². The number of alkyl halides is 3. The molecule has 1 unspecified atom stereocenters. The number of hydrogen-bond donors (Lipinski definition) is 1. The maximum atomic E-state index is 12.9. The van der Waals surface area contributed by atoms with Crippen LogP contribution in [0.15, 0.2) is 48.8 Å². The maximum absolute atomic E-state index is 12.9. The van der Waals surface area contributed by atoms with Crippen molar-refractivity contribution in [1.29, 1.82) is 0 Å². The summed E-state index contributed by atoms with van der Waals surface area (Å²) < 4.78 is 49.8. The third-order valence-corrected chi connectivity index (χ3v) is 5.30. The number of nitrogens with zero attached hydrogens (tertiary/aromatic N) is 4. The van der Waals surface area contributed by atoms with Crippen LogP contribution in [0.25, 0.3) is 11.1 Å². The van der Waals surface area contributed by atoms with E-state index in [2.05, 4.69) is 20.3 Å². The molecule has 3 aromatic rings. The van der Waals surface area contributed by atoms with Gasteiger partial charge in [0.1, 0.15) is 11.4 Å². The summed E-state index contributed by atoms with van der Waals surface area (Å²) in [6, 6.07) is 9.65. The SMILES string of the molecule is Cc1cc(Nc2nccc(C(F)(F)F)n2)cc(-c2ccc(C(=O)N(C)CC3COCCO3)nc2)c1. The Morgan fingerprint density at radius 3 is 2.66 bits per heavy atom. The molecule has 1 fully saturated rings. The van der Waals surface area contributed by atoms with Crippen LogP contribution >= 0.6 is 0 Å². The molecule has 1 amide bonds. The summed E-state index contributed by atoms with van der Waals surface area (Å²) in [6.07, 6.45) is -2.09. The second kappa shape index (κ2) is 10.4. The van der Waals surface area contributed by atoms with E-state index in [1.54, 1.807) is 42.4 Å². The van der Waals surface area contributed by atoms with E-state index in [0.29, 0.717) is 32.1 Å². The first-order valence-corrected chi connectivity index (χ1v) is 10.9. The Balaban J connectivity index is 1.48. The Morgan fingerprint density at radius 2 is 1.97 bits per heavy atom. The molecule has 1 N–H and O–H groups in total. The fourth-order valence-corrected chi connectivity index (χ4v) is 3.64. The molecule has 0 aliphatic carbocycles. The molecule has 1 aromatic carbocycles. The molecule has 0 radical (unpaired) electrons. The number of rotatable bonds is 6. The largest absolute Gasteiger partial charge is 0.433 e. The smallest absolute Gasteiger partial charge is 0.376 e. The van der Waals surface area contributed by atoms with Gasteiger partial charge in [-0.25, -0.2) is 9.97 Å². The Morgan fingerprint density at radius 1 is 1.14 bits per heavy atom. The van der Waals surface area contributed by atoms with Crippen LogP contribution in [0.1, 0.15) is 21.7 Å². The summed E-state index contributed by atoms with van der Waals surface area (Å²) in [7, 11) is 1.68. The van der Waals surface area contributed by atoms with Crippen molar-refractivity contribution < 1.29 is 27.4 Å². The molecular formula is C24H24F3N5O3. The molecule has 184 valence electrons. The van der Waals surface area contributed by atoms with Crippen molar-refractivity contribution in [2.45, 2.75) is 19.2 Å². The minimum absolute atomic E-state index is 0.161. The van der Waals surface area contributed by atoms with E-state index >= 15 is 0 Å². The lowest BCUT2D eigenvalue weighted by Crippen LogP contribution is -2.41. The molecule has 8 nitrogen and oxygen atoms in total. The fraction of sp³-hybridized carbons (Fsp3) is 0.333. The Labute approximate surface area is 200 Å². The fourth-order valence-electron chi connectivity index (χ4n) is 3.64. The lowest BCUT2D eigenvalue weighted by molar-refractivity contribution is -0.141. The van der Waals surface area contributed by atoms with Gasteiger partial charge in [0.05, 0.1) is 25.9 Å². The topological polar surface area (TPSA) is 89.5 Å². The number of anilines is 2. The number of ether oxygens (including phenoxy) is 2. The van der Waals surface area contributed by atoms with E-state index in [0.717, 1.165) is 29.0 Å². The standard InChI is InChI=1S/C24H24F3N5O3/c1-15-9-17(11-18(10-15)30-23-28-6-5-21(31-23)24(25,26)27)16-3-4-20(29-12-16)22(33)32(2)13-19-14-34-7-8-35-19/h3-6,9-12,19H,7-8,13-14H2,1-2H3,(H,28,30,31). The van der Waals surface area contributed by atoms with E-state index in [1.165, 1.54) is 0 Å². The quantitative estimate of drug-likeness (QED) is 0.560. The summed E-state index contributed by atoms with van der Waals surface area (Å²) in [5, 5.41) is 2.83. The molecule has 11 heteroatoms. The van der Waals surface area contributed by atoms with Gasteiger partial charge in [0.25, 0.3) is 5.91 Å². The Kier molecular flexibility index (Phi) is 7.27. The number of amides is 1. The van der Waals surface area contributed by atoms with Gasteiger partial charge in [-0.2, -0.15) is 13.2 Å². The molecule has 0 saturated carbocycles. The van der Waals surface area contributed by atoms with E-state index in [9.17, 15) is 18.0 Å². The predicted molar refractivity (Wildman–Crippen MR) is 122 cm³/mol. The van der Waals surface area contributed by atoms with E-state index in [1.807, 2.05) is 13.0 Å². The van der Waals surface area contributed by atoms with Crippen LogP contribution in [-0.4, -0.2) is 65.3 Å². The van der Waals surface area contributed by atoms with Crippen LogP contribution in [0.5, 0.6) is 0 Å². The number of carbonyl (C=O) groups is 1. The van der Waals surface area contributed by atoms with Gasteiger partial charge in [-0.05, 0) is 42.3 Å². The van der Waals surface area contributed by atoms with Crippen LogP contribution in [0.3, 0.4) is 0 Å². The molecule has 4 rings (SSSR count). The summed E-state index contributed by atoms with van der Waals surface area (Å²) in [6.45, 7) is 3.76. The zero-order valence-electron chi connectivity index (χ0n) is 19.2. The normalized spacial score (nSPS) is 16.1. The van der Waals surface area contributed by atoms with Crippen molar-refractivity contribution in [1.82, 2.24) is 19.9 Å². The molecule has 1 aliphatic rings. The number of halogens is 3. The predicted octanol–water partition coefficient (Wildman–Crippen LogP) is 4.10. The monoisotopic (exact) mass is 487 g/mol. The van der Waals surface area contributed by atoms with E-state index in [4.69, 9.17) is 9.47 Å². The number of likely N-dealkylation sites (N-methyl/N-ethyl adjacent to an activating group) is 1. The Hall–Kier alpha value is -3.57. The highest BCUT2D eigenvalue weighted by Gasteiger charge is 2.32. The Bertz CT molecular complexity index is 1180. The molecule has 35 heavy (non-hydrogen) atoms. The number of nitrogens with one attached hydrogen (secondary N) is 1. The van der Waals surface area contributed by atoms with Gasteiger partial charge >= 0.3 is 6.18 Å². The third kappa shape index (κ3) is 6.31. The van der Waals surface area contributed by atoms with Gasteiger partial charge in [-0.3, -0.25) is 9.78 Å². The summed E-state index contributed by atoms with van der Waals surface area (Å²) in [4.78, 5) is 26.0. The van der Waals surface area contributed by atoms with Gasteiger partial charge in [-0.1, -0.05) is 12.1 Å². The highest BCUT2D eigenvalue weighted by molar-refractivity contribution is 5.92. The lowest BCUT2D eigenvalue weighted by atomic mass is 10.0. The lowest BCUT2D eigenvalue weighted by Gasteiger charge is -2.27. The molecule has 1 atom stereocenters. The molecule has 0 spiro atoms. The molecule has 1 aliphatic heterocycles. The van der Waals surface area contributed by atoms with Gasteiger partial charge in [0, 0.05) is 37.2 Å². The summed E-state index contributed by atoms with van der Waals surface area (Å²) in [5.74, 6) is -0.398. The van der Waals surface area contributed by atoms with Crippen molar-refractivity contribution in [2.75, 3.05) is 38.7 Å². The average molecular weight is 487 g/mol. The number of hydrogen-bond acceptors (Lipinski definition) is 7. The highest BCUT2D eigenvalue weighted by Crippen LogP contribution is 2.29. The van der Waals surface area contributed by atoms with Crippen LogP contribution in [0.2, 0.25) is 0 Å². The highest BCUT2D eigenvalue weighted by atomic mass is 19.4. The number of benzene rings is 1. The first kappa shape index (κ1) is 24.6. The second-order valence-electron chi connectivity index (χ2n) is 8.16. The number of aromatic nitrogens is 3. The van der Waals surface area contributed by atoms with Gasteiger partial charge in [0.2, 0.25) is 5.95 Å². The molecule has 2 aromatic heterocycles. The molecule has 1 saturated heterocycles. The zero-order valence-corrected chi connectivity index (χ0v) is 19.2. The van der Waals surface area contributed by atoms with Gasteiger partial charge in [0.15, 0.2) is 0 Å². The molecule has 3 heterocycles. The van der Waals surface area contributed by atoms with Crippen LogP contribution in [0, 0.1) is 6.92 Å². The van der Waals surface area contributed by atoms with Crippen LogP contribution < -0.4 is 5.32 Å². The summed E-state index contributed by atoms with van der Waals surface area (Å²) >= 11 is 0. The minimum atomic E-state index is -4.56. The van der Waals surface area contributed by atoms with Crippen LogP contribution in [0.4, 0.5) is 24.8 Å². The first-order valence-electron chi connectivity index (χ1n) is 10.9. The molecular weight excluding hydrogens is 463 g/mol. The second-order valence-corrected chi connectivity index (χ2v) is 8.16. The molecule has 0 bridgehead atoms. The maximum Gasteiger partial charge on any atom is 0.433 e. The third-order valence-electron chi connectivity index (χ3n) is 5.30. The van der Waals surface area contributed by atoms with Crippen molar-refractivity contribution in [3.63, 3.8) is 0 Å². The van der Waals surface area contributed by atoms with Crippen molar-refractivity contribution >= 4 is 17.5 Å². The van der Waals surface area contributed by atoms with Gasteiger partial charge in [-0.15, -0.1) is 0 Å². The van der Waals surface area contributed by atoms with Crippen molar-refractivity contribution in [3.05, 3.63) is 65.7 Å². The minimum Gasteiger partial charge on any atom is -0.376 e. The summed E-state index contributed by atoms with van der Waals surface area (Å²) in [5.41, 5.74) is 2.16. The average Bonchev–Trinajstić information content (AvgIpc) is 2.83. The van der Waals surface area contributed by atoms with E-state index in [-0.39, 0.29) is 23.7 Å². The first-order chi connectivity index (χ1) is 16.7. The van der Waals surface area contributed by atoms with Crippen molar-refractivity contribution in [3.8, 4) is 11.1 Å². The van der Waals surface area contributed by atoms with Gasteiger partial charge < -0.3 is 19.7 Å². The van der Waals surface area contributed by atoms with Crippen molar-refractivity contribution in [2.24, 2.45) is 0 Å². The number of carbonyl (C=O) groups excluding carboxylic acids is 1. The number of aryl methyl sites for hydroxylation is 1. The zero-order chi connectivity index (χ0) is 25.0. The number of pyridine rings is 1. The van der Waals surface area contributed by atoms with E-state index < -0.39 is 11.9 Å².